The van der Waals surface area contributed by atoms with Gasteiger partial charge in [-0.25, -0.2) is 4.98 Å². The maximum atomic E-state index is 12.1. The second kappa shape index (κ2) is 9.65. The minimum absolute atomic E-state index is 0.0546. The van der Waals surface area contributed by atoms with Gasteiger partial charge in [-0.2, -0.15) is 0 Å². The van der Waals surface area contributed by atoms with E-state index in [1.807, 2.05) is 22.9 Å². The van der Waals surface area contributed by atoms with Crippen molar-refractivity contribution in [1.82, 2.24) is 9.55 Å². The molecule has 154 valence electrons. The summed E-state index contributed by atoms with van der Waals surface area (Å²) in [4.78, 5) is 16.2. The molecule has 1 saturated heterocycles. The van der Waals surface area contributed by atoms with Crippen LogP contribution in [0.1, 0.15) is 30.4 Å². The van der Waals surface area contributed by atoms with Gasteiger partial charge in [-0.05, 0) is 66.6 Å². The molecule has 0 N–H and O–H groups in total. The molecule has 1 unspecified atom stereocenters. The zero-order chi connectivity index (χ0) is 20.8. The second-order valence-electron chi connectivity index (χ2n) is 7.50. The highest BCUT2D eigenvalue weighted by molar-refractivity contribution is 5.94. The van der Waals surface area contributed by atoms with Gasteiger partial charge >= 0.3 is 0 Å². The van der Waals surface area contributed by atoms with Crippen LogP contribution in [0.4, 0.5) is 0 Å². The van der Waals surface area contributed by atoms with Crippen LogP contribution in [0.2, 0.25) is 0 Å². The SMILES string of the molecule is Cc1cc(/C=C/C(=O)COC2CCCCO2)ccc1-c1ccc(-n2ccnc2)cc1. The lowest BCUT2D eigenvalue weighted by molar-refractivity contribution is -0.167. The summed E-state index contributed by atoms with van der Waals surface area (Å²) in [5, 5.41) is 0. The lowest BCUT2D eigenvalue weighted by atomic mass is 9.98. The molecule has 3 aromatic rings. The average Bonchev–Trinajstić information content (AvgIpc) is 3.32. The number of hydrogen-bond donors (Lipinski definition) is 0. The topological polar surface area (TPSA) is 53.4 Å². The average molecular weight is 402 g/mol. The van der Waals surface area contributed by atoms with Crippen molar-refractivity contribution in [1.29, 1.82) is 0 Å². The molecule has 1 aliphatic rings. The number of ketones is 1. The summed E-state index contributed by atoms with van der Waals surface area (Å²) in [5.74, 6) is -0.0546. The Kier molecular flexibility index (Phi) is 6.52. The van der Waals surface area contributed by atoms with Crippen LogP contribution in [0, 0.1) is 6.92 Å². The summed E-state index contributed by atoms with van der Waals surface area (Å²) >= 11 is 0. The quantitative estimate of drug-likeness (QED) is 0.524. The molecule has 2 aromatic carbocycles. The molecular formula is C25H26N2O3. The lowest BCUT2D eigenvalue weighted by Crippen LogP contribution is -2.24. The third-order valence-corrected chi connectivity index (χ3v) is 5.24. The van der Waals surface area contributed by atoms with Crippen LogP contribution in [-0.4, -0.2) is 34.8 Å². The zero-order valence-electron chi connectivity index (χ0n) is 17.2. The van der Waals surface area contributed by atoms with Gasteiger partial charge in [0.15, 0.2) is 12.1 Å². The van der Waals surface area contributed by atoms with Gasteiger partial charge < -0.3 is 14.0 Å². The molecule has 1 fully saturated rings. The summed E-state index contributed by atoms with van der Waals surface area (Å²) in [5.41, 5.74) is 5.56. The van der Waals surface area contributed by atoms with Gasteiger partial charge in [0.05, 0.1) is 6.33 Å². The van der Waals surface area contributed by atoms with Gasteiger partial charge in [-0.3, -0.25) is 4.79 Å². The molecule has 1 aliphatic heterocycles. The van der Waals surface area contributed by atoms with Crippen molar-refractivity contribution < 1.29 is 14.3 Å². The highest BCUT2D eigenvalue weighted by atomic mass is 16.7. The predicted octanol–water partition coefficient (Wildman–Crippen LogP) is 4.97. The van der Waals surface area contributed by atoms with Gasteiger partial charge in [-0.15, -0.1) is 0 Å². The minimum Gasteiger partial charge on any atom is -0.353 e. The molecule has 1 aromatic heterocycles. The van der Waals surface area contributed by atoms with Crippen molar-refractivity contribution in [3.05, 3.63) is 78.4 Å². The highest BCUT2D eigenvalue weighted by Gasteiger charge is 2.14. The van der Waals surface area contributed by atoms with Crippen molar-refractivity contribution >= 4 is 11.9 Å². The fraction of sp³-hybridized carbons (Fsp3) is 0.280. The number of carbonyl (C=O) groups is 1. The van der Waals surface area contributed by atoms with E-state index in [9.17, 15) is 4.79 Å². The van der Waals surface area contributed by atoms with Crippen molar-refractivity contribution in [3.63, 3.8) is 0 Å². The van der Waals surface area contributed by atoms with Crippen LogP contribution in [0.25, 0.3) is 22.9 Å². The van der Waals surface area contributed by atoms with Crippen LogP contribution in [0.3, 0.4) is 0 Å². The maximum absolute atomic E-state index is 12.1. The zero-order valence-corrected chi connectivity index (χ0v) is 17.2. The van der Waals surface area contributed by atoms with E-state index in [0.29, 0.717) is 6.61 Å². The van der Waals surface area contributed by atoms with E-state index >= 15 is 0 Å². The largest absolute Gasteiger partial charge is 0.353 e. The Balaban J connectivity index is 1.37. The molecule has 5 nitrogen and oxygen atoms in total. The molecule has 5 heteroatoms. The molecule has 0 bridgehead atoms. The summed E-state index contributed by atoms with van der Waals surface area (Å²) in [7, 11) is 0. The van der Waals surface area contributed by atoms with Crippen LogP contribution in [-0.2, 0) is 14.3 Å². The number of aryl methyl sites for hydroxylation is 1. The van der Waals surface area contributed by atoms with E-state index in [-0.39, 0.29) is 18.7 Å². The predicted molar refractivity (Wildman–Crippen MR) is 117 cm³/mol. The first kappa shape index (κ1) is 20.3. The fourth-order valence-corrected chi connectivity index (χ4v) is 3.59. The Labute approximate surface area is 177 Å². The van der Waals surface area contributed by atoms with E-state index < -0.39 is 0 Å². The first-order valence-electron chi connectivity index (χ1n) is 10.3. The van der Waals surface area contributed by atoms with Crippen LogP contribution < -0.4 is 0 Å². The smallest absolute Gasteiger partial charge is 0.181 e. The molecule has 4 rings (SSSR count). The fourth-order valence-electron chi connectivity index (χ4n) is 3.59. The van der Waals surface area contributed by atoms with Crippen LogP contribution in [0.15, 0.2) is 67.3 Å². The number of hydrogen-bond acceptors (Lipinski definition) is 4. The van der Waals surface area contributed by atoms with Gasteiger partial charge in [-0.1, -0.05) is 36.4 Å². The Morgan fingerprint density at radius 3 is 2.80 bits per heavy atom. The molecule has 0 spiro atoms. The van der Waals surface area contributed by atoms with Crippen molar-refractivity contribution in [2.45, 2.75) is 32.5 Å². The van der Waals surface area contributed by atoms with Crippen molar-refractivity contribution in [2.75, 3.05) is 13.2 Å². The maximum Gasteiger partial charge on any atom is 0.181 e. The van der Waals surface area contributed by atoms with E-state index in [4.69, 9.17) is 9.47 Å². The molecule has 0 radical (unpaired) electrons. The molecule has 2 heterocycles. The number of nitrogens with zero attached hydrogens (tertiary/aromatic N) is 2. The van der Waals surface area contributed by atoms with E-state index in [0.717, 1.165) is 41.6 Å². The summed E-state index contributed by atoms with van der Waals surface area (Å²) in [6, 6.07) is 14.6. The number of imidazole rings is 1. The number of rotatable bonds is 7. The molecule has 1 atom stereocenters. The third-order valence-electron chi connectivity index (χ3n) is 5.24. The van der Waals surface area contributed by atoms with Gasteiger partial charge in [0.1, 0.15) is 6.61 Å². The Morgan fingerprint density at radius 2 is 2.10 bits per heavy atom. The van der Waals surface area contributed by atoms with Crippen LogP contribution >= 0.6 is 0 Å². The molecule has 30 heavy (non-hydrogen) atoms. The van der Waals surface area contributed by atoms with Crippen molar-refractivity contribution in [2.24, 2.45) is 0 Å². The number of ether oxygens (including phenoxy) is 2. The third kappa shape index (κ3) is 5.12. The Hall–Kier alpha value is -3.02. The standard InChI is InChI=1S/C25H26N2O3/c1-19-16-20(5-11-23(28)17-30-25-4-2-3-15-29-25)6-12-24(19)21-7-9-22(10-8-21)27-14-13-26-18-27/h5-14,16,18,25H,2-4,15,17H2,1H3/b11-5+. The van der Waals surface area contributed by atoms with Crippen molar-refractivity contribution in [3.8, 4) is 16.8 Å². The number of benzene rings is 2. The first-order chi connectivity index (χ1) is 14.7. The minimum atomic E-state index is -0.238. The highest BCUT2D eigenvalue weighted by Crippen LogP contribution is 2.26. The monoisotopic (exact) mass is 402 g/mol. The molecule has 0 saturated carbocycles. The van der Waals surface area contributed by atoms with E-state index in [1.165, 1.54) is 5.56 Å². The van der Waals surface area contributed by atoms with E-state index in [1.54, 1.807) is 18.6 Å². The second-order valence-corrected chi connectivity index (χ2v) is 7.50. The van der Waals surface area contributed by atoms with Gasteiger partial charge in [0.25, 0.3) is 0 Å². The molecule has 0 aliphatic carbocycles. The van der Waals surface area contributed by atoms with Crippen LogP contribution in [0.5, 0.6) is 0 Å². The summed E-state index contributed by atoms with van der Waals surface area (Å²) in [6.07, 6.45) is 11.7. The normalized spacial score (nSPS) is 16.8. The summed E-state index contributed by atoms with van der Waals surface area (Å²) in [6.45, 7) is 2.86. The molecular weight excluding hydrogens is 376 g/mol. The van der Waals surface area contributed by atoms with Gasteiger partial charge in [0, 0.05) is 24.7 Å². The molecule has 0 amide bonds. The number of carbonyl (C=O) groups excluding carboxylic acids is 1. The summed E-state index contributed by atoms with van der Waals surface area (Å²) < 4.78 is 13.0. The van der Waals surface area contributed by atoms with Gasteiger partial charge in [0.2, 0.25) is 0 Å². The number of aromatic nitrogens is 2. The first-order valence-corrected chi connectivity index (χ1v) is 10.3. The van der Waals surface area contributed by atoms with E-state index in [2.05, 4.69) is 48.3 Å². The lowest BCUT2D eigenvalue weighted by Gasteiger charge is -2.21. The Bertz CT molecular complexity index is 1000. The Morgan fingerprint density at radius 1 is 1.23 bits per heavy atom.